The first-order chi connectivity index (χ1) is 15.6. The minimum absolute atomic E-state index is 0.0286. The summed E-state index contributed by atoms with van der Waals surface area (Å²) in [4.78, 5) is 12.2. The zero-order valence-electron chi connectivity index (χ0n) is 20.2. The lowest BCUT2D eigenvalue weighted by Gasteiger charge is -2.57. The summed E-state index contributed by atoms with van der Waals surface area (Å²) in [5.74, 6) is 2.18. The zero-order valence-corrected chi connectivity index (χ0v) is 20.2. The normalized spacial score (nSPS) is 39.6. The molecule has 5 rings (SSSR count). The van der Waals surface area contributed by atoms with E-state index >= 15 is 0 Å². The third kappa shape index (κ3) is 3.52. The fourth-order valence-corrected chi connectivity index (χ4v) is 7.71. The van der Waals surface area contributed by atoms with Crippen LogP contribution in [0.5, 0.6) is 5.75 Å². The third-order valence-electron chi connectivity index (χ3n) is 9.56. The van der Waals surface area contributed by atoms with Gasteiger partial charge in [0.1, 0.15) is 17.1 Å². The molecule has 0 spiro atoms. The molecule has 3 fully saturated rings. The molecule has 0 saturated heterocycles. The van der Waals surface area contributed by atoms with E-state index in [1.807, 2.05) is 0 Å². The Bertz CT molecular complexity index is 1120. The summed E-state index contributed by atoms with van der Waals surface area (Å²) in [6, 6.07) is 1.44. The van der Waals surface area contributed by atoms with Crippen LogP contribution < -0.4 is 5.63 Å². The van der Waals surface area contributed by atoms with E-state index in [9.17, 15) is 15.0 Å². The van der Waals surface area contributed by atoms with Gasteiger partial charge in [-0.3, -0.25) is 0 Å². The van der Waals surface area contributed by atoms with Crippen molar-refractivity contribution >= 4 is 11.4 Å². The predicted octanol–water partition coefficient (Wildman–Crippen LogP) is 5.14. The zero-order chi connectivity index (χ0) is 23.5. The average Bonchev–Trinajstić information content (AvgIpc) is 3.08. The van der Waals surface area contributed by atoms with Crippen LogP contribution in [0.3, 0.4) is 0 Å². The summed E-state index contributed by atoms with van der Waals surface area (Å²) in [7, 11) is 0. The van der Waals surface area contributed by atoms with Crippen LogP contribution in [0.1, 0.15) is 83.5 Å². The largest absolute Gasteiger partial charge is 0.507 e. The molecular formula is C27H36N2O4. The quantitative estimate of drug-likeness (QED) is 0.369. The van der Waals surface area contributed by atoms with E-state index < -0.39 is 5.63 Å². The molecule has 178 valence electrons. The smallest absolute Gasteiger partial charge is 0.348 e. The van der Waals surface area contributed by atoms with Gasteiger partial charge in [0.15, 0.2) is 0 Å². The number of aromatic hydroxyl groups is 1. The van der Waals surface area contributed by atoms with Gasteiger partial charge in [0, 0.05) is 17.2 Å². The maximum absolute atomic E-state index is 12.2. The number of hydrogen-bond acceptors (Lipinski definition) is 6. The first-order valence-electron chi connectivity index (χ1n) is 12.5. The highest BCUT2D eigenvalue weighted by Gasteiger charge is 2.57. The Morgan fingerprint density at radius 1 is 1.15 bits per heavy atom. The molecule has 0 radical (unpaired) electrons. The van der Waals surface area contributed by atoms with Crippen molar-refractivity contribution in [2.45, 2.75) is 85.2 Å². The molecule has 33 heavy (non-hydrogen) atoms. The van der Waals surface area contributed by atoms with Crippen molar-refractivity contribution in [1.82, 2.24) is 0 Å². The molecule has 0 aromatic carbocycles. The number of nitrogens with zero attached hydrogens (tertiary/aromatic N) is 2. The predicted molar refractivity (Wildman–Crippen MR) is 129 cm³/mol. The Hall–Kier alpha value is -2.21. The lowest BCUT2D eigenvalue weighted by atomic mass is 9.48. The highest BCUT2D eigenvalue weighted by atomic mass is 16.4. The molecule has 6 unspecified atom stereocenters. The number of rotatable bonds is 2. The standard InChI is InChI=1S/C27H36N2O4/c1-15-13-22(31)24(25(32)33-15)16(2)28-29-23-8-7-20-19-6-5-17-14-18(30)9-11-26(17,3)21(19)10-12-27(20,23)4/h5,13,18-21,30-31H,6-12,14H2,1-4H3/b28-16?,29-23+. The Morgan fingerprint density at radius 3 is 2.64 bits per heavy atom. The van der Waals surface area contributed by atoms with Crippen LogP contribution in [0.2, 0.25) is 0 Å². The molecule has 0 aliphatic heterocycles. The molecule has 0 amide bonds. The molecule has 1 aromatic rings. The fourth-order valence-electron chi connectivity index (χ4n) is 7.71. The summed E-state index contributed by atoms with van der Waals surface area (Å²) < 4.78 is 5.14. The summed E-state index contributed by atoms with van der Waals surface area (Å²) >= 11 is 0. The number of hydrogen-bond donors (Lipinski definition) is 2. The van der Waals surface area contributed by atoms with Gasteiger partial charge < -0.3 is 14.6 Å². The number of aryl methyl sites for hydroxylation is 1. The van der Waals surface area contributed by atoms with E-state index in [4.69, 9.17) is 4.42 Å². The third-order valence-corrected chi connectivity index (χ3v) is 9.56. The lowest BCUT2D eigenvalue weighted by Crippen LogP contribution is -2.50. The van der Waals surface area contributed by atoms with Gasteiger partial charge in [-0.15, -0.1) is 0 Å². The number of aliphatic hydroxyl groups excluding tert-OH is 1. The number of aliphatic hydroxyl groups is 1. The van der Waals surface area contributed by atoms with Crippen molar-refractivity contribution in [2.24, 2.45) is 38.8 Å². The molecule has 4 aliphatic rings. The summed E-state index contributed by atoms with van der Waals surface area (Å²) in [6.45, 7) is 8.13. The van der Waals surface area contributed by atoms with E-state index in [2.05, 4.69) is 30.1 Å². The molecule has 0 bridgehead atoms. The lowest BCUT2D eigenvalue weighted by molar-refractivity contribution is -0.0209. The van der Waals surface area contributed by atoms with Gasteiger partial charge in [-0.2, -0.15) is 10.2 Å². The molecule has 1 aromatic heterocycles. The molecule has 6 heteroatoms. The summed E-state index contributed by atoms with van der Waals surface area (Å²) in [5, 5.41) is 29.5. The van der Waals surface area contributed by atoms with Crippen molar-refractivity contribution < 1.29 is 14.6 Å². The summed E-state index contributed by atoms with van der Waals surface area (Å²) in [6.07, 6.45) is 10.6. The highest BCUT2D eigenvalue weighted by Crippen LogP contribution is 2.64. The number of allylic oxidation sites excluding steroid dienone is 1. The first-order valence-corrected chi connectivity index (χ1v) is 12.5. The van der Waals surface area contributed by atoms with Crippen LogP contribution >= 0.6 is 0 Å². The Balaban J connectivity index is 1.42. The van der Waals surface area contributed by atoms with Crippen molar-refractivity contribution in [3.63, 3.8) is 0 Å². The van der Waals surface area contributed by atoms with Crippen LogP contribution in [0.4, 0.5) is 0 Å². The second-order valence-corrected chi connectivity index (χ2v) is 11.3. The van der Waals surface area contributed by atoms with Crippen LogP contribution in [-0.2, 0) is 0 Å². The second kappa shape index (κ2) is 7.93. The minimum atomic E-state index is -0.583. The molecule has 1 heterocycles. The van der Waals surface area contributed by atoms with Crippen molar-refractivity contribution in [2.75, 3.05) is 0 Å². The van der Waals surface area contributed by atoms with Crippen LogP contribution in [0.25, 0.3) is 0 Å². The Morgan fingerprint density at radius 2 is 1.88 bits per heavy atom. The van der Waals surface area contributed by atoms with Gasteiger partial charge in [0.05, 0.1) is 11.8 Å². The molecule has 4 aliphatic carbocycles. The molecule has 6 nitrogen and oxygen atoms in total. The first kappa shape index (κ1) is 22.6. The van der Waals surface area contributed by atoms with E-state index in [-0.39, 0.29) is 28.2 Å². The van der Waals surface area contributed by atoms with E-state index in [1.54, 1.807) is 13.8 Å². The molecule has 3 saturated carbocycles. The van der Waals surface area contributed by atoms with Gasteiger partial charge in [0.2, 0.25) is 0 Å². The van der Waals surface area contributed by atoms with Crippen LogP contribution in [0.15, 0.2) is 37.1 Å². The maximum Gasteiger partial charge on any atom is 0.348 e. The van der Waals surface area contributed by atoms with Gasteiger partial charge in [-0.1, -0.05) is 25.5 Å². The van der Waals surface area contributed by atoms with E-state index in [0.29, 0.717) is 29.2 Å². The van der Waals surface area contributed by atoms with E-state index in [1.165, 1.54) is 18.1 Å². The Labute approximate surface area is 195 Å². The van der Waals surface area contributed by atoms with E-state index in [0.717, 1.165) is 50.7 Å². The van der Waals surface area contributed by atoms with Crippen molar-refractivity contribution in [1.29, 1.82) is 0 Å². The molecule has 6 atom stereocenters. The minimum Gasteiger partial charge on any atom is -0.507 e. The monoisotopic (exact) mass is 452 g/mol. The Kier molecular flexibility index (Phi) is 5.43. The van der Waals surface area contributed by atoms with Crippen LogP contribution in [-0.4, -0.2) is 27.7 Å². The number of fused-ring (bicyclic) bond motifs is 5. The van der Waals surface area contributed by atoms with Crippen LogP contribution in [0, 0.1) is 35.5 Å². The maximum atomic E-state index is 12.2. The van der Waals surface area contributed by atoms with Crippen molar-refractivity contribution in [3.8, 4) is 5.75 Å². The van der Waals surface area contributed by atoms with Gasteiger partial charge >= 0.3 is 5.63 Å². The highest BCUT2D eigenvalue weighted by molar-refractivity contribution is 6.01. The molecular weight excluding hydrogens is 416 g/mol. The second-order valence-electron chi connectivity index (χ2n) is 11.3. The molecule has 2 N–H and O–H groups in total. The van der Waals surface area contributed by atoms with Gasteiger partial charge in [0.25, 0.3) is 0 Å². The SMILES string of the molecule is CC(=N/N=C1\CCC2C3CC=C4CC(O)CCC4(C)C3CCC12C)c1c(O)cc(C)oc1=O. The summed E-state index contributed by atoms with van der Waals surface area (Å²) in [5.41, 5.74) is 2.77. The topological polar surface area (TPSA) is 95.4 Å². The van der Waals surface area contributed by atoms with Gasteiger partial charge in [-0.05, 0) is 88.4 Å². The van der Waals surface area contributed by atoms with Crippen molar-refractivity contribution in [3.05, 3.63) is 39.5 Å². The van der Waals surface area contributed by atoms with Gasteiger partial charge in [-0.25, -0.2) is 4.79 Å². The fraction of sp³-hybridized carbons (Fsp3) is 0.667. The average molecular weight is 453 g/mol.